The monoisotopic (exact) mass is 260 g/mol. The summed E-state index contributed by atoms with van der Waals surface area (Å²) in [4.78, 5) is 8.49. The Balaban J connectivity index is 1.61. The van der Waals surface area contributed by atoms with Gasteiger partial charge in [-0.3, -0.25) is 0 Å². The standard InChI is InChI=1S/C15H24N4/c1-14(2)10-15-11-19(13-17-15)8-5-3-4-7-18-9-6-16-12-18/h6,9,11-14H,3-5,7-8,10H2,1-2H3. The number of aromatic nitrogens is 4. The van der Waals surface area contributed by atoms with Gasteiger partial charge in [0.25, 0.3) is 0 Å². The van der Waals surface area contributed by atoms with Crippen LogP contribution in [-0.4, -0.2) is 19.1 Å². The van der Waals surface area contributed by atoms with E-state index in [2.05, 4.69) is 39.1 Å². The van der Waals surface area contributed by atoms with E-state index in [0.29, 0.717) is 5.92 Å². The lowest BCUT2D eigenvalue weighted by atomic mass is 10.1. The van der Waals surface area contributed by atoms with Crippen molar-refractivity contribution in [3.05, 3.63) is 36.9 Å². The molecule has 0 aliphatic rings. The van der Waals surface area contributed by atoms with Crippen molar-refractivity contribution in [2.75, 3.05) is 0 Å². The quantitative estimate of drug-likeness (QED) is 0.683. The van der Waals surface area contributed by atoms with Crippen LogP contribution in [0.25, 0.3) is 0 Å². The molecule has 2 heterocycles. The molecule has 0 aliphatic carbocycles. The highest BCUT2D eigenvalue weighted by atomic mass is 15.0. The summed E-state index contributed by atoms with van der Waals surface area (Å²) in [5.74, 6) is 0.679. The van der Waals surface area contributed by atoms with Crippen molar-refractivity contribution in [1.82, 2.24) is 19.1 Å². The number of aryl methyl sites for hydroxylation is 2. The molecule has 2 aromatic rings. The van der Waals surface area contributed by atoms with Gasteiger partial charge in [0, 0.05) is 31.7 Å². The summed E-state index contributed by atoms with van der Waals surface area (Å²) in [5, 5.41) is 0. The molecule has 0 spiro atoms. The molecule has 0 radical (unpaired) electrons. The van der Waals surface area contributed by atoms with Crippen molar-refractivity contribution in [1.29, 1.82) is 0 Å². The first kappa shape index (κ1) is 13.8. The fourth-order valence-electron chi connectivity index (χ4n) is 2.24. The van der Waals surface area contributed by atoms with Crippen LogP contribution < -0.4 is 0 Å². The van der Waals surface area contributed by atoms with Gasteiger partial charge in [-0.15, -0.1) is 0 Å². The molecule has 2 aromatic heterocycles. The van der Waals surface area contributed by atoms with Gasteiger partial charge >= 0.3 is 0 Å². The molecule has 0 unspecified atom stereocenters. The van der Waals surface area contributed by atoms with Crippen LogP contribution in [0.4, 0.5) is 0 Å². The van der Waals surface area contributed by atoms with E-state index in [-0.39, 0.29) is 0 Å². The Morgan fingerprint density at radius 2 is 1.84 bits per heavy atom. The van der Waals surface area contributed by atoms with Gasteiger partial charge in [-0.25, -0.2) is 9.97 Å². The Labute approximate surface area is 115 Å². The van der Waals surface area contributed by atoms with Crippen molar-refractivity contribution in [2.24, 2.45) is 5.92 Å². The summed E-state index contributed by atoms with van der Waals surface area (Å²) >= 11 is 0. The molecular formula is C15H24N4. The average molecular weight is 260 g/mol. The maximum absolute atomic E-state index is 4.45. The Kier molecular flexibility index (Phi) is 5.19. The molecule has 0 bridgehead atoms. The second-order valence-corrected chi connectivity index (χ2v) is 5.56. The molecule has 104 valence electrons. The van der Waals surface area contributed by atoms with Gasteiger partial charge in [-0.2, -0.15) is 0 Å². The van der Waals surface area contributed by atoms with Gasteiger partial charge in [0.1, 0.15) is 0 Å². The molecule has 0 aliphatic heterocycles. The van der Waals surface area contributed by atoms with Crippen molar-refractivity contribution >= 4 is 0 Å². The van der Waals surface area contributed by atoms with Gasteiger partial charge in [-0.05, 0) is 31.6 Å². The van der Waals surface area contributed by atoms with Crippen molar-refractivity contribution < 1.29 is 0 Å². The van der Waals surface area contributed by atoms with Crippen molar-refractivity contribution in [2.45, 2.75) is 52.6 Å². The third kappa shape index (κ3) is 4.89. The topological polar surface area (TPSA) is 35.6 Å². The normalized spacial score (nSPS) is 11.3. The van der Waals surface area contributed by atoms with Crippen molar-refractivity contribution in [3.8, 4) is 0 Å². The summed E-state index contributed by atoms with van der Waals surface area (Å²) < 4.78 is 4.35. The zero-order valence-corrected chi connectivity index (χ0v) is 12.0. The largest absolute Gasteiger partial charge is 0.337 e. The number of hydrogen-bond acceptors (Lipinski definition) is 2. The lowest BCUT2D eigenvalue weighted by Crippen LogP contribution is -1.98. The van der Waals surface area contributed by atoms with E-state index in [9.17, 15) is 0 Å². The number of nitrogens with zero attached hydrogens (tertiary/aromatic N) is 4. The molecule has 4 nitrogen and oxygen atoms in total. The van der Waals surface area contributed by atoms with Gasteiger partial charge in [0.05, 0.1) is 18.3 Å². The second-order valence-electron chi connectivity index (χ2n) is 5.56. The molecule has 0 atom stereocenters. The summed E-state index contributed by atoms with van der Waals surface area (Å²) in [5.41, 5.74) is 1.22. The summed E-state index contributed by atoms with van der Waals surface area (Å²) in [6.45, 7) is 6.61. The molecule has 19 heavy (non-hydrogen) atoms. The number of imidazole rings is 2. The summed E-state index contributed by atoms with van der Waals surface area (Å²) in [6.07, 6.45) is 14.6. The predicted molar refractivity (Wildman–Crippen MR) is 76.8 cm³/mol. The summed E-state index contributed by atoms with van der Waals surface area (Å²) in [6, 6.07) is 0. The van der Waals surface area contributed by atoms with E-state index in [0.717, 1.165) is 19.5 Å². The highest BCUT2D eigenvalue weighted by molar-refractivity contribution is 4.97. The van der Waals surface area contributed by atoms with Crippen LogP contribution in [0.15, 0.2) is 31.2 Å². The van der Waals surface area contributed by atoms with E-state index in [1.54, 1.807) is 0 Å². The van der Waals surface area contributed by atoms with E-state index in [1.165, 1.54) is 25.0 Å². The first-order chi connectivity index (χ1) is 9.24. The molecule has 0 saturated carbocycles. The van der Waals surface area contributed by atoms with Crippen LogP contribution in [-0.2, 0) is 19.5 Å². The third-order valence-corrected chi connectivity index (χ3v) is 3.20. The van der Waals surface area contributed by atoms with Gasteiger partial charge in [0.2, 0.25) is 0 Å². The Bertz CT molecular complexity index is 456. The SMILES string of the molecule is CC(C)Cc1cn(CCCCCn2ccnc2)cn1. The molecule has 2 rings (SSSR count). The van der Waals surface area contributed by atoms with Crippen LogP contribution in [0.5, 0.6) is 0 Å². The fourth-order valence-corrected chi connectivity index (χ4v) is 2.24. The predicted octanol–water partition coefficient (Wildman–Crippen LogP) is 3.15. The first-order valence-electron chi connectivity index (χ1n) is 7.20. The molecule has 0 fully saturated rings. The highest BCUT2D eigenvalue weighted by Gasteiger charge is 2.01. The van der Waals surface area contributed by atoms with E-state index in [4.69, 9.17) is 0 Å². The zero-order chi connectivity index (χ0) is 13.5. The van der Waals surface area contributed by atoms with Gasteiger partial charge in [-0.1, -0.05) is 13.8 Å². The second kappa shape index (κ2) is 7.12. The molecular weight excluding hydrogens is 236 g/mol. The molecule has 0 saturated heterocycles. The molecule has 0 amide bonds. The Morgan fingerprint density at radius 1 is 1.05 bits per heavy atom. The Hall–Kier alpha value is -1.58. The number of unbranched alkanes of at least 4 members (excludes halogenated alkanes) is 2. The number of hydrogen-bond donors (Lipinski definition) is 0. The minimum absolute atomic E-state index is 0.679. The van der Waals surface area contributed by atoms with Crippen LogP contribution >= 0.6 is 0 Å². The van der Waals surface area contributed by atoms with Gasteiger partial charge in [0.15, 0.2) is 0 Å². The molecule has 0 N–H and O–H groups in total. The minimum Gasteiger partial charge on any atom is -0.337 e. The highest BCUT2D eigenvalue weighted by Crippen LogP contribution is 2.07. The fraction of sp³-hybridized carbons (Fsp3) is 0.600. The van der Waals surface area contributed by atoms with E-state index < -0.39 is 0 Å². The van der Waals surface area contributed by atoms with E-state index in [1.807, 2.05) is 25.0 Å². The number of rotatable bonds is 8. The molecule has 0 aromatic carbocycles. The van der Waals surface area contributed by atoms with Crippen LogP contribution in [0.2, 0.25) is 0 Å². The van der Waals surface area contributed by atoms with Crippen LogP contribution in [0, 0.1) is 5.92 Å². The van der Waals surface area contributed by atoms with Crippen LogP contribution in [0.1, 0.15) is 38.8 Å². The maximum atomic E-state index is 4.45. The first-order valence-corrected chi connectivity index (χ1v) is 7.20. The lowest BCUT2D eigenvalue weighted by molar-refractivity contribution is 0.544. The van der Waals surface area contributed by atoms with Crippen molar-refractivity contribution in [3.63, 3.8) is 0 Å². The third-order valence-electron chi connectivity index (χ3n) is 3.20. The Morgan fingerprint density at radius 3 is 2.53 bits per heavy atom. The van der Waals surface area contributed by atoms with Gasteiger partial charge < -0.3 is 9.13 Å². The summed E-state index contributed by atoms with van der Waals surface area (Å²) in [7, 11) is 0. The lowest BCUT2D eigenvalue weighted by Gasteiger charge is -2.03. The average Bonchev–Trinajstić information content (AvgIpc) is 3.00. The smallest absolute Gasteiger partial charge is 0.0949 e. The van der Waals surface area contributed by atoms with E-state index >= 15 is 0 Å². The molecule has 4 heteroatoms. The van der Waals surface area contributed by atoms with Crippen LogP contribution in [0.3, 0.4) is 0 Å². The zero-order valence-electron chi connectivity index (χ0n) is 12.0. The minimum atomic E-state index is 0.679. The maximum Gasteiger partial charge on any atom is 0.0949 e.